The predicted molar refractivity (Wildman–Crippen MR) is 81.8 cm³/mol. The summed E-state index contributed by atoms with van der Waals surface area (Å²) in [6.07, 6.45) is -4.78. The Kier molecular flexibility index (Phi) is 5.08. The summed E-state index contributed by atoms with van der Waals surface area (Å²) in [6, 6.07) is 11.0. The fourth-order valence-corrected chi connectivity index (χ4v) is 1.85. The third kappa shape index (κ3) is 5.31. The van der Waals surface area contributed by atoms with E-state index >= 15 is 0 Å². The average Bonchev–Trinajstić information content (AvgIpc) is 2.48. The van der Waals surface area contributed by atoms with Gasteiger partial charge in [0.2, 0.25) is 5.91 Å². The molecular weight excluding hydrogens is 325 g/mol. The van der Waals surface area contributed by atoms with Crippen LogP contribution >= 0.6 is 0 Å². The number of benzene rings is 2. The third-order valence-corrected chi connectivity index (χ3v) is 2.81. The molecule has 0 radical (unpaired) electrons. The van der Waals surface area contributed by atoms with Gasteiger partial charge in [-0.2, -0.15) is 0 Å². The molecule has 0 aliphatic heterocycles. The lowest BCUT2D eigenvalue weighted by molar-refractivity contribution is -0.274. The molecule has 2 N–H and O–H groups in total. The lowest BCUT2D eigenvalue weighted by atomic mass is 10.2. The van der Waals surface area contributed by atoms with Crippen LogP contribution in [0.1, 0.15) is 17.3 Å². The Morgan fingerprint density at radius 3 is 1.83 bits per heavy atom. The summed E-state index contributed by atoms with van der Waals surface area (Å²) in [5.41, 5.74) is 1.23. The zero-order valence-electron chi connectivity index (χ0n) is 12.5. The maximum atomic E-state index is 12.1. The van der Waals surface area contributed by atoms with Crippen LogP contribution in [0.25, 0.3) is 0 Å². The topological polar surface area (TPSA) is 67.4 Å². The van der Waals surface area contributed by atoms with E-state index in [1.54, 1.807) is 24.3 Å². The first-order chi connectivity index (χ1) is 11.2. The number of amides is 2. The van der Waals surface area contributed by atoms with Crippen molar-refractivity contribution < 1.29 is 27.5 Å². The molecule has 0 bridgehead atoms. The summed E-state index contributed by atoms with van der Waals surface area (Å²) in [7, 11) is 0. The summed E-state index contributed by atoms with van der Waals surface area (Å²) in [5.74, 6) is -1.10. The molecule has 0 saturated heterocycles. The maximum Gasteiger partial charge on any atom is 0.573 e. The number of halogens is 3. The number of carbonyl (C=O) groups excluding carboxylic acids is 2. The van der Waals surface area contributed by atoms with Gasteiger partial charge in [-0.3, -0.25) is 9.59 Å². The van der Waals surface area contributed by atoms with Crippen molar-refractivity contribution in [1.29, 1.82) is 0 Å². The van der Waals surface area contributed by atoms with Crippen LogP contribution in [0.2, 0.25) is 0 Å². The summed E-state index contributed by atoms with van der Waals surface area (Å²) in [6.45, 7) is 1.38. The fourth-order valence-electron chi connectivity index (χ4n) is 1.85. The fraction of sp³-hybridized carbons (Fsp3) is 0.125. The molecule has 0 heterocycles. The number of hydrogen-bond donors (Lipinski definition) is 2. The molecule has 0 unspecified atom stereocenters. The SMILES string of the molecule is CC(=O)Nc1ccc(NC(=O)c2ccc(OC(F)(F)F)cc2)cc1. The van der Waals surface area contributed by atoms with Crippen LogP contribution in [0.5, 0.6) is 5.75 Å². The molecule has 0 spiro atoms. The number of alkyl halides is 3. The first kappa shape index (κ1) is 17.3. The first-order valence-corrected chi connectivity index (χ1v) is 6.78. The third-order valence-electron chi connectivity index (χ3n) is 2.81. The minimum Gasteiger partial charge on any atom is -0.406 e. The highest BCUT2D eigenvalue weighted by atomic mass is 19.4. The van der Waals surface area contributed by atoms with E-state index in [9.17, 15) is 22.8 Å². The van der Waals surface area contributed by atoms with E-state index in [1.165, 1.54) is 19.1 Å². The van der Waals surface area contributed by atoms with E-state index < -0.39 is 18.0 Å². The average molecular weight is 338 g/mol. The Hall–Kier alpha value is -3.03. The Labute approximate surface area is 135 Å². The Morgan fingerprint density at radius 2 is 1.38 bits per heavy atom. The molecule has 126 valence electrons. The standard InChI is InChI=1S/C16H13F3N2O3/c1-10(22)20-12-4-6-13(7-5-12)21-15(23)11-2-8-14(9-3-11)24-16(17,18)19/h2-9H,1H3,(H,20,22)(H,21,23). The minimum absolute atomic E-state index is 0.176. The highest BCUT2D eigenvalue weighted by Crippen LogP contribution is 2.23. The van der Waals surface area contributed by atoms with Crippen LogP contribution in [0.4, 0.5) is 24.5 Å². The molecule has 0 fully saturated rings. The number of hydrogen-bond acceptors (Lipinski definition) is 3. The van der Waals surface area contributed by atoms with Crippen molar-refractivity contribution in [3.63, 3.8) is 0 Å². The summed E-state index contributed by atoms with van der Waals surface area (Å²) < 4.78 is 39.9. The van der Waals surface area contributed by atoms with Crippen molar-refractivity contribution in [3.05, 3.63) is 54.1 Å². The van der Waals surface area contributed by atoms with Crippen molar-refractivity contribution in [1.82, 2.24) is 0 Å². The second kappa shape index (κ2) is 7.03. The van der Waals surface area contributed by atoms with Crippen molar-refractivity contribution in [2.24, 2.45) is 0 Å². The van der Waals surface area contributed by atoms with Crippen LogP contribution in [-0.4, -0.2) is 18.2 Å². The zero-order chi connectivity index (χ0) is 17.7. The molecule has 2 rings (SSSR count). The summed E-state index contributed by atoms with van der Waals surface area (Å²) in [4.78, 5) is 22.9. The molecule has 0 saturated carbocycles. The molecule has 5 nitrogen and oxygen atoms in total. The quantitative estimate of drug-likeness (QED) is 0.891. The molecule has 2 amide bonds. The Bertz CT molecular complexity index is 726. The summed E-state index contributed by atoms with van der Waals surface area (Å²) in [5, 5.41) is 5.18. The number of ether oxygens (including phenoxy) is 1. The molecule has 2 aromatic carbocycles. The van der Waals surface area contributed by atoms with E-state index in [1.807, 2.05) is 0 Å². The first-order valence-electron chi connectivity index (χ1n) is 6.78. The summed E-state index contributed by atoms with van der Waals surface area (Å²) >= 11 is 0. The number of anilines is 2. The van der Waals surface area contributed by atoms with E-state index in [2.05, 4.69) is 15.4 Å². The van der Waals surface area contributed by atoms with Gasteiger partial charge in [-0.25, -0.2) is 0 Å². The van der Waals surface area contributed by atoms with Crippen LogP contribution in [-0.2, 0) is 4.79 Å². The lowest BCUT2D eigenvalue weighted by Crippen LogP contribution is -2.17. The van der Waals surface area contributed by atoms with Crippen molar-refractivity contribution >= 4 is 23.2 Å². The van der Waals surface area contributed by atoms with Crippen LogP contribution in [0.3, 0.4) is 0 Å². The van der Waals surface area contributed by atoms with Crippen LogP contribution in [0.15, 0.2) is 48.5 Å². The van der Waals surface area contributed by atoms with Crippen molar-refractivity contribution in [2.75, 3.05) is 10.6 Å². The maximum absolute atomic E-state index is 12.1. The van der Waals surface area contributed by atoms with Gasteiger partial charge in [0.25, 0.3) is 5.91 Å². The van der Waals surface area contributed by atoms with Crippen molar-refractivity contribution in [3.8, 4) is 5.75 Å². The lowest BCUT2D eigenvalue weighted by Gasteiger charge is -2.10. The minimum atomic E-state index is -4.78. The highest BCUT2D eigenvalue weighted by Gasteiger charge is 2.31. The van der Waals surface area contributed by atoms with Gasteiger partial charge in [-0.1, -0.05) is 0 Å². The monoisotopic (exact) mass is 338 g/mol. The van der Waals surface area contributed by atoms with E-state index in [0.29, 0.717) is 11.4 Å². The largest absolute Gasteiger partial charge is 0.573 e. The number of carbonyl (C=O) groups is 2. The zero-order valence-corrected chi connectivity index (χ0v) is 12.5. The van der Waals surface area contributed by atoms with Gasteiger partial charge in [0.15, 0.2) is 0 Å². The van der Waals surface area contributed by atoms with E-state index in [0.717, 1.165) is 12.1 Å². The van der Waals surface area contributed by atoms with E-state index in [4.69, 9.17) is 0 Å². The van der Waals surface area contributed by atoms with Gasteiger partial charge < -0.3 is 15.4 Å². The molecule has 0 aromatic heterocycles. The van der Waals surface area contributed by atoms with Gasteiger partial charge in [0, 0.05) is 23.9 Å². The molecule has 8 heteroatoms. The highest BCUT2D eigenvalue weighted by molar-refractivity contribution is 6.04. The number of rotatable bonds is 4. The number of nitrogens with one attached hydrogen (secondary N) is 2. The van der Waals surface area contributed by atoms with Gasteiger partial charge >= 0.3 is 6.36 Å². The van der Waals surface area contributed by atoms with Gasteiger partial charge in [0.05, 0.1) is 0 Å². The van der Waals surface area contributed by atoms with Crippen LogP contribution in [0, 0.1) is 0 Å². The molecule has 0 aliphatic rings. The molecular formula is C16H13F3N2O3. The van der Waals surface area contributed by atoms with Gasteiger partial charge in [-0.05, 0) is 48.5 Å². The smallest absolute Gasteiger partial charge is 0.406 e. The molecule has 24 heavy (non-hydrogen) atoms. The molecule has 2 aromatic rings. The molecule has 0 atom stereocenters. The normalized spacial score (nSPS) is 10.8. The predicted octanol–water partition coefficient (Wildman–Crippen LogP) is 3.80. The van der Waals surface area contributed by atoms with Gasteiger partial charge in [0.1, 0.15) is 5.75 Å². The second-order valence-electron chi connectivity index (χ2n) is 4.78. The second-order valence-corrected chi connectivity index (χ2v) is 4.78. The Balaban J connectivity index is 2.00. The van der Waals surface area contributed by atoms with Gasteiger partial charge in [-0.15, -0.1) is 13.2 Å². The van der Waals surface area contributed by atoms with Crippen LogP contribution < -0.4 is 15.4 Å². The Morgan fingerprint density at radius 1 is 0.875 bits per heavy atom. The van der Waals surface area contributed by atoms with E-state index in [-0.39, 0.29) is 11.5 Å². The van der Waals surface area contributed by atoms with Crippen molar-refractivity contribution in [2.45, 2.75) is 13.3 Å². The molecule has 0 aliphatic carbocycles.